The van der Waals surface area contributed by atoms with E-state index in [9.17, 15) is 13.2 Å². The van der Waals surface area contributed by atoms with Crippen LogP contribution in [0.15, 0.2) is 47.6 Å². The number of sulfonamides is 1. The summed E-state index contributed by atoms with van der Waals surface area (Å²) in [5, 5.41) is 8.53. The summed E-state index contributed by atoms with van der Waals surface area (Å²) in [6.45, 7) is -0.0801. The Morgan fingerprint density at radius 1 is 1.19 bits per heavy atom. The molecule has 0 aliphatic carbocycles. The molecule has 104 valence electrons. The lowest BCUT2D eigenvalue weighted by Crippen LogP contribution is -2.29. The van der Waals surface area contributed by atoms with Crippen LogP contribution in [0, 0.1) is 11.3 Å². The average molecular weight is 299 g/mol. The maximum Gasteiger partial charge on any atom is 0.285 e. The van der Waals surface area contributed by atoms with Crippen LogP contribution in [-0.2, 0) is 16.6 Å². The Bertz CT molecular complexity index is 867. The summed E-state index contributed by atoms with van der Waals surface area (Å²) in [6, 6.07) is 11.3. The predicted molar refractivity (Wildman–Crippen MR) is 72.5 cm³/mol. The molecule has 1 amide bonds. The highest BCUT2D eigenvalue weighted by molar-refractivity contribution is 7.90. The van der Waals surface area contributed by atoms with Gasteiger partial charge < -0.3 is 0 Å². The Balaban J connectivity index is 1.97. The van der Waals surface area contributed by atoms with Crippen molar-refractivity contribution in [3.05, 3.63) is 59.3 Å². The molecule has 1 aliphatic rings. The summed E-state index contributed by atoms with van der Waals surface area (Å²) in [4.78, 5) is 16.0. The molecule has 0 spiro atoms. The Morgan fingerprint density at radius 2 is 1.90 bits per heavy atom. The lowest BCUT2D eigenvalue weighted by atomic mass is 10.1. The van der Waals surface area contributed by atoms with E-state index in [0.717, 1.165) is 4.31 Å². The van der Waals surface area contributed by atoms with Crippen molar-refractivity contribution in [2.45, 2.75) is 11.6 Å². The molecule has 0 fully saturated rings. The number of amides is 1. The zero-order chi connectivity index (χ0) is 15.0. The van der Waals surface area contributed by atoms with Crippen LogP contribution < -0.4 is 0 Å². The first-order chi connectivity index (χ1) is 10.0. The molecular weight excluding hydrogens is 290 g/mol. The normalized spacial score (nSPS) is 15.6. The van der Waals surface area contributed by atoms with Crippen LogP contribution in [0.4, 0.5) is 0 Å². The highest BCUT2D eigenvalue weighted by atomic mass is 32.2. The maximum absolute atomic E-state index is 12.3. The first-order valence-corrected chi connectivity index (χ1v) is 7.49. The quantitative estimate of drug-likeness (QED) is 0.833. The third-order valence-electron chi connectivity index (χ3n) is 3.17. The molecular formula is C14H9N3O3S. The van der Waals surface area contributed by atoms with Gasteiger partial charge in [-0.3, -0.25) is 4.79 Å². The fourth-order valence-corrected chi connectivity index (χ4v) is 3.59. The van der Waals surface area contributed by atoms with Gasteiger partial charge >= 0.3 is 0 Å². The average Bonchev–Trinajstić information content (AvgIpc) is 2.70. The van der Waals surface area contributed by atoms with Gasteiger partial charge in [-0.25, -0.2) is 9.29 Å². The van der Waals surface area contributed by atoms with Crippen molar-refractivity contribution in [3.63, 3.8) is 0 Å². The number of aromatic nitrogens is 1. The van der Waals surface area contributed by atoms with Crippen molar-refractivity contribution in [3.8, 4) is 6.07 Å². The topological polar surface area (TPSA) is 91.1 Å². The van der Waals surface area contributed by atoms with E-state index in [0.29, 0.717) is 11.1 Å². The van der Waals surface area contributed by atoms with Gasteiger partial charge in [0.25, 0.3) is 15.9 Å². The fraction of sp³-hybridized carbons (Fsp3) is 0.0714. The molecule has 1 aromatic heterocycles. The summed E-state index contributed by atoms with van der Waals surface area (Å²) in [6.07, 6.45) is 1.34. The zero-order valence-electron chi connectivity index (χ0n) is 10.7. The largest absolute Gasteiger partial charge is 0.285 e. The molecule has 0 unspecified atom stereocenters. The van der Waals surface area contributed by atoms with E-state index in [1.54, 1.807) is 24.3 Å². The second kappa shape index (κ2) is 4.68. The van der Waals surface area contributed by atoms with E-state index in [2.05, 4.69) is 4.98 Å². The molecule has 6 nitrogen and oxygen atoms in total. The molecule has 0 saturated heterocycles. The Morgan fingerprint density at radius 3 is 2.52 bits per heavy atom. The minimum absolute atomic E-state index is 0.0801. The van der Waals surface area contributed by atoms with Crippen LogP contribution >= 0.6 is 0 Å². The fourth-order valence-electron chi connectivity index (χ4n) is 2.11. The summed E-state index contributed by atoms with van der Waals surface area (Å²) in [5.41, 5.74) is 1.18. The van der Waals surface area contributed by atoms with Crippen LogP contribution in [-0.4, -0.2) is 23.6 Å². The van der Waals surface area contributed by atoms with Crippen LogP contribution in [0.2, 0.25) is 0 Å². The van der Waals surface area contributed by atoms with Crippen molar-refractivity contribution in [1.82, 2.24) is 9.29 Å². The second-order valence-corrected chi connectivity index (χ2v) is 6.26. The van der Waals surface area contributed by atoms with E-state index in [4.69, 9.17) is 5.26 Å². The molecule has 0 bridgehead atoms. The highest BCUT2D eigenvalue weighted by Crippen LogP contribution is 2.29. The molecule has 3 rings (SSSR count). The predicted octanol–water partition coefficient (Wildman–Crippen LogP) is 1.30. The minimum atomic E-state index is -3.90. The Hall–Kier alpha value is -2.72. The van der Waals surface area contributed by atoms with Gasteiger partial charge in [0.2, 0.25) is 0 Å². The molecule has 1 aliphatic heterocycles. The second-order valence-electron chi connectivity index (χ2n) is 4.48. The van der Waals surface area contributed by atoms with Gasteiger partial charge in [-0.1, -0.05) is 12.1 Å². The summed E-state index contributed by atoms with van der Waals surface area (Å²) < 4.78 is 25.4. The minimum Gasteiger partial charge on any atom is -0.268 e. The lowest BCUT2D eigenvalue weighted by molar-refractivity contribution is 0.0865. The maximum atomic E-state index is 12.3. The number of carbonyl (C=O) groups excluding carboxylic acids is 1. The van der Waals surface area contributed by atoms with E-state index in [1.807, 2.05) is 6.07 Å². The first-order valence-electron chi connectivity index (χ1n) is 6.05. The first kappa shape index (κ1) is 13.3. The number of rotatable bonds is 2. The molecule has 0 atom stereocenters. The third-order valence-corrected chi connectivity index (χ3v) is 4.86. The van der Waals surface area contributed by atoms with Crippen LogP contribution in [0.1, 0.15) is 21.5 Å². The lowest BCUT2D eigenvalue weighted by Gasteiger charge is -2.14. The van der Waals surface area contributed by atoms with Crippen molar-refractivity contribution in [2.24, 2.45) is 0 Å². The van der Waals surface area contributed by atoms with Gasteiger partial charge in [-0.05, 0) is 29.8 Å². The van der Waals surface area contributed by atoms with Crippen LogP contribution in [0.3, 0.4) is 0 Å². The number of carbonyl (C=O) groups is 1. The van der Waals surface area contributed by atoms with Gasteiger partial charge in [-0.15, -0.1) is 0 Å². The van der Waals surface area contributed by atoms with Crippen molar-refractivity contribution >= 4 is 15.9 Å². The van der Waals surface area contributed by atoms with Crippen molar-refractivity contribution in [2.75, 3.05) is 0 Å². The Labute approximate surface area is 121 Å². The van der Waals surface area contributed by atoms with Gasteiger partial charge in [0.05, 0.1) is 23.7 Å². The number of hydrogen-bond acceptors (Lipinski definition) is 5. The van der Waals surface area contributed by atoms with Gasteiger partial charge in [0.15, 0.2) is 5.03 Å². The monoisotopic (exact) mass is 299 g/mol. The molecule has 0 saturated carbocycles. The van der Waals surface area contributed by atoms with Gasteiger partial charge in [0, 0.05) is 6.20 Å². The van der Waals surface area contributed by atoms with E-state index < -0.39 is 15.9 Å². The molecule has 0 N–H and O–H groups in total. The third kappa shape index (κ3) is 2.06. The van der Waals surface area contributed by atoms with Gasteiger partial charge in [0.1, 0.15) is 0 Å². The molecule has 1 aromatic carbocycles. The van der Waals surface area contributed by atoms with Crippen molar-refractivity contribution < 1.29 is 13.2 Å². The summed E-state index contributed by atoms with van der Waals surface area (Å²) in [5.74, 6) is -0.581. The smallest absolute Gasteiger partial charge is 0.268 e. The molecule has 2 aromatic rings. The van der Waals surface area contributed by atoms with Crippen LogP contribution in [0.25, 0.3) is 0 Å². The standard InChI is InChI=1S/C14H9N3O3S/c15-8-10-3-5-11(6-4-10)9-17-14(18)12-2-1-7-16-13(12)21(17,19)20/h1-7H,9H2. The van der Waals surface area contributed by atoms with E-state index in [1.165, 1.54) is 18.3 Å². The molecule has 0 radical (unpaired) electrons. The van der Waals surface area contributed by atoms with E-state index >= 15 is 0 Å². The summed E-state index contributed by atoms with van der Waals surface area (Å²) >= 11 is 0. The number of nitriles is 1. The number of hydrogen-bond donors (Lipinski definition) is 0. The zero-order valence-corrected chi connectivity index (χ0v) is 11.5. The number of nitrogens with zero attached hydrogens (tertiary/aromatic N) is 3. The number of benzene rings is 1. The van der Waals surface area contributed by atoms with E-state index in [-0.39, 0.29) is 17.1 Å². The Kier molecular flexibility index (Phi) is 2.96. The van der Waals surface area contributed by atoms with Gasteiger partial charge in [-0.2, -0.15) is 13.7 Å². The molecule has 2 heterocycles. The molecule has 21 heavy (non-hydrogen) atoms. The van der Waals surface area contributed by atoms with Crippen molar-refractivity contribution in [1.29, 1.82) is 5.26 Å². The summed E-state index contributed by atoms with van der Waals surface area (Å²) in [7, 11) is -3.90. The van der Waals surface area contributed by atoms with Crippen LogP contribution in [0.5, 0.6) is 0 Å². The number of fused-ring (bicyclic) bond motifs is 1. The number of pyridine rings is 1. The molecule has 7 heteroatoms. The SMILES string of the molecule is N#Cc1ccc(CN2C(=O)c3cccnc3S2(=O)=O)cc1. The highest BCUT2D eigenvalue weighted by Gasteiger charge is 2.42.